The van der Waals surface area contributed by atoms with Crippen molar-refractivity contribution in [3.63, 3.8) is 0 Å². The van der Waals surface area contributed by atoms with Gasteiger partial charge in [-0.1, -0.05) is 0 Å². The first-order valence-corrected chi connectivity index (χ1v) is 9.67. The van der Waals surface area contributed by atoms with E-state index >= 15 is 0 Å². The molecule has 2 amide bonds. The Morgan fingerprint density at radius 3 is 2.34 bits per heavy atom. The van der Waals surface area contributed by atoms with E-state index in [4.69, 9.17) is 9.47 Å². The quantitative estimate of drug-likeness (QED) is 0.273. The maximum Gasteiger partial charge on any atom is 0.293 e. The lowest BCUT2D eigenvalue weighted by atomic mass is 10.1. The number of thioether (sulfide) groups is 1. The van der Waals surface area contributed by atoms with Gasteiger partial charge in [-0.05, 0) is 36.0 Å². The summed E-state index contributed by atoms with van der Waals surface area (Å²) < 4.78 is 10.3. The Balaban J connectivity index is 1.57. The first kappa shape index (κ1) is 21.0. The Labute approximate surface area is 182 Å². The molecule has 1 saturated heterocycles. The number of benzene rings is 2. The minimum absolute atomic E-state index is 0.0337. The van der Waals surface area contributed by atoms with Gasteiger partial charge in [0.25, 0.3) is 22.5 Å². The molecule has 12 nitrogen and oxygen atoms in total. The number of rotatable bonds is 6. The predicted octanol–water partition coefficient (Wildman–Crippen LogP) is 3.15. The lowest BCUT2D eigenvalue weighted by Gasteiger charge is -2.11. The molecule has 32 heavy (non-hydrogen) atoms. The fraction of sp³-hybridized carbons (Fsp3) is 0.105. The summed E-state index contributed by atoms with van der Waals surface area (Å²) in [6.07, 6.45) is 1.18. The molecule has 0 aliphatic carbocycles. The molecule has 162 valence electrons. The number of ketones is 1. The monoisotopic (exact) mass is 457 g/mol. The van der Waals surface area contributed by atoms with Crippen molar-refractivity contribution in [2.24, 2.45) is 0 Å². The fourth-order valence-electron chi connectivity index (χ4n) is 3.00. The van der Waals surface area contributed by atoms with Gasteiger partial charge in [-0.25, -0.2) is 0 Å². The molecule has 2 aromatic rings. The number of amides is 2. The largest absolute Gasteiger partial charge is 0.454 e. The highest BCUT2D eigenvalue weighted by molar-refractivity contribution is 8.18. The molecule has 0 unspecified atom stereocenters. The highest BCUT2D eigenvalue weighted by atomic mass is 32.2. The van der Waals surface area contributed by atoms with Crippen molar-refractivity contribution in [1.29, 1.82) is 0 Å². The second kappa shape index (κ2) is 8.11. The lowest BCUT2D eigenvalue weighted by molar-refractivity contribution is -0.385. The number of fused-ring (bicyclic) bond motifs is 1. The third-order valence-corrected chi connectivity index (χ3v) is 5.49. The van der Waals surface area contributed by atoms with Crippen LogP contribution in [-0.2, 0) is 4.79 Å². The highest BCUT2D eigenvalue weighted by Crippen LogP contribution is 2.40. The Morgan fingerprint density at radius 1 is 1.06 bits per heavy atom. The van der Waals surface area contributed by atoms with E-state index in [1.54, 1.807) is 0 Å². The van der Waals surface area contributed by atoms with Crippen LogP contribution >= 0.6 is 11.8 Å². The van der Waals surface area contributed by atoms with E-state index in [0.29, 0.717) is 16.7 Å². The zero-order chi connectivity index (χ0) is 23.0. The molecule has 13 heteroatoms. The van der Waals surface area contributed by atoms with Crippen molar-refractivity contribution >= 4 is 46.1 Å². The molecular weight excluding hydrogens is 446 g/mol. The van der Waals surface area contributed by atoms with Gasteiger partial charge in [-0.3, -0.25) is 39.5 Å². The number of nitro groups is 2. The number of non-ortho nitro benzene ring substituents is 1. The van der Waals surface area contributed by atoms with Gasteiger partial charge in [0.2, 0.25) is 6.79 Å². The molecule has 2 heterocycles. The van der Waals surface area contributed by atoms with Gasteiger partial charge >= 0.3 is 0 Å². The van der Waals surface area contributed by atoms with Crippen molar-refractivity contribution in [3.05, 3.63) is 72.7 Å². The maximum atomic E-state index is 12.7. The summed E-state index contributed by atoms with van der Waals surface area (Å²) >= 11 is 0.536. The summed E-state index contributed by atoms with van der Waals surface area (Å²) in [6, 6.07) is 7.23. The zero-order valence-corrected chi connectivity index (χ0v) is 16.7. The predicted molar refractivity (Wildman–Crippen MR) is 109 cm³/mol. The van der Waals surface area contributed by atoms with E-state index in [1.807, 2.05) is 0 Å². The van der Waals surface area contributed by atoms with Crippen LogP contribution in [0.1, 0.15) is 15.9 Å². The van der Waals surface area contributed by atoms with Crippen LogP contribution < -0.4 is 9.47 Å². The highest BCUT2D eigenvalue weighted by Gasteiger charge is 2.37. The van der Waals surface area contributed by atoms with Crippen LogP contribution in [0.4, 0.5) is 16.2 Å². The minimum Gasteiger partial charge on any atom is -0.454 e. The van der Waals surface area contributed by atoms with E-state index in [1.165, 1.54) is 24.3 Å². The first-order valence-electron chi connectivity index (χ1n) is 8.85. The van der Waals surface area contributed by atoms with Gasteiger partial charge in [0.1, 0.15) is 0 Å². The summed E-state index contributed by atoms with van der Waals surface area (Å²) in [6.45, 7) is -0.680. The summed E-state index contributed by atoms with van der Waals surface area (Å²) in [4.78, 5) is 58.9. The van der Waals surface area contributed by atoms with Crippen LogP contribution in [0.5, 0.6) is 11.5 Å². The lowest BCUT2D eigenvalue weighted by Crippen LogP contribution is -2.33. The summed E-state index contributed by atoms with van der Waals surface area (Å²) in [5.74, 6) is -0.940. The number of nitro benzene ring substituents is 2. The van der Waals surface area contributed by atoms with Gasteiger partial charge in [0, 0.05) is 17.7 Å². The average molecular weight is 457 g/mol. The second-order valence-electron chi connectivity index (χ2n) is 6.52. The topological polar surface area (TPSA) is 159 Å². The number of nitrogens with zero attached hydrogens (tertiary/aromatic N) is 3. The minimum atomic E-state index is -0.790. The molecule has 4 rings (SSSR count). The summed E-state index contributed by atoms with van der Waals surface area (Å²) in [5, 5.41) is 21.4. The number of Topliss-reactive ketones (excluding diaryl/α,β-unsaturated/α-hetero) is 1. The molecule has 0 radical (unpaired) electrons. The zero-order valence-electron chi connectivity index (χ0n) is 15.9. The number of ether oxygens (including phenoxy) is 2. The number of imide groups is 1. The van der Waals surface area contributed by atoms with Crippen molar-refractivity contribution in [2.45, 2.75) is 0 Å². The molecule has 2 aliphatic rings. The van der Waals surface area contributed by atoms with Gasteiger partial charge in [-0.2, -0.15) is 0 Å². The molecule has 0 bridgehead atoms. The molecule has 0 atom stereocenters. The average Bonchev–Trinajstić information content (AvgIpc) is 3.32. The van der Waals surface area contributed by atoms with Gasteiger partial charge in [-0.15, -0.1) is 0 Å². The van der Waals surface area contributed by atoms with E-state index in [-0.39, 0.29) is 45.7 Å². The van der Waals surface area contributed by atoms with Gasteiger partial charge < -0.3 is 9.47 Å². The number of hydrogen-bond donors (Lipinski definition) is 0. The van der Waals surface area contributed by atoms with Crippen LogP contribution in [0, 0.1) is 20.2 Å². The maximum absolute atomic E-state index is 12.7. The van der Waals surface area contributed by atoms with E-state index in [9.17, 15) is 34.6 Å². The molecule has 1 fully saturated rings. The van der Waals surface area contributed by atoms with Crippen molar-refractivity contribution < 1.29 is 33.7 Å². The Kier molecular flexibility index (Phi) is 5.32. The van der Waals surface area contributed by atoms with Crippen LogP contribution in [0.25, 0.3) is 6.08 Å². The van der Waals surface area contributed by atoms with Crippen molar-refractivity contribution in [1.82, 2.24) is 4.90 Å². The summed E-state index contributed by atoms with van der Waals surface area (Å²) in [7, 11) is 0. The van der Waals surface area contributed by atoms with Gasteiger partial charge in [0.05, 0.1) is 32.9 Å². The third-order valence-electron chi connectivity index (χ3n) is 4.58. The molecule has 2 aliphatic heterocycles. The van der Waals surface area contributed by atoms with E-state index in [2.05, 4.69) is 0 Å². The second-order valence-corrected chi connectivity index (χ2v) is 7.51. The van der Waals surface area contributed by atoms with E-state index in [0.717, 1.165) is 18.2 Å². The van der Waals surface area contributed by atoms with Crippen molar-refractivity contribution in [3.8, 4) is 11.5 Å². The molecule has 2 aromatic carbocycles. The molecular formula is C19H11N3O9S. The molecule has 0 N–H and O–H groups in total. The fourth-order valence-corrected chi connectivity index (χ4v) is 3.83. The SMILES string of the molecule is O=C(CN1C(=O)S/C(=C\c2cc3c(cc2[N+](=O)[O-])OCO3)C1=O)c1ccc([N+](=O)[O-])cc1. The standard InChI is InChI=1S/C19H11N3O9S/c23-14(10-1-3-12(4-2-10)21(26)27)8-20-18(24)17(32-19(20)25)6-11-5-15-16(31-9-30-15)7-13(11)22(28)29/h1-7H,8-9H2/b17-6-. The molecule has 0 saturated carbocycles. The third kappa shape index (κ3) is 3.88. The Bertz CT molecular complexity index is 1220. The van der Waals surface area contributed by atoms with Crippen LogP contribution in [0.3, 0.4) is 0 Å². The van der Waals surface area contributed by atoms with Crippen LogP contribution in [0.2, 0.25) is 0 Å². The normalized spacial score (nSPS) is 16.0. The van der Waals surface area contributed by atoms with Crippen molar-refractivity contribution in [2.75, 3.05) is 13.3 Å². The van der Waals surface area contributed by atoms with Gasteiger partial charge in [0.15, 0.2) is 17.3 Å². The van der Waals surface area contributed by atoms with Crippen LogP contribution in [-0.4, -0.2) is 45.0 Å². The summed E-state index contributed by atoms with van der Waals surface area (Å²) in [5.41, 5.74) is -0.430. The first-order chi connectivity index (χ1) is 15.2. The Hall–Kier alpha value is -4.26. The molecule has 0 spiro atoms. The number of carbonyl (C=O) groups excluding carboxylic acids is 3. The smallest absolute Gasteiger partial charge is 0.293 e. The van der Waals surface area contributed by atoms with Crippen LogP contribution in [0.15, 0.2) is 41.3 Å². The number of carbonyl (C=O) groups is 3. The van der Waals surface area contributed by atoms with E-state index < -0.39 is 33.3 Å². The molecule has 0 aromatic heterocycles. The Morgan fingerprint density at radius 2 is 1.72 bits per heavy atom. The number of hydrogen-bond acceptors (Lipinski definition) is 10.